The van der Waals surface area contributed by atoms with E-state index in [4.69, 9.17) is 0 Å². The highest BCUT2D eigenvalue weighted by Crippen LogP contribution is 2.42. The molecule has 1 aromatic carbocycles. The average Bonchev–Trinajstić information content (AvgIpc) is 3.00. The molecule has 0 bridgehead atoms. The number of fused-ring (bicyclic) bond motifs is 1. The third-order valence-electron chi connectivity index (χ3n) is 4.23. The maximum Gasteiger partial charge on any atom is 0.199 e. The average molecular weight is 287 g/mol. The maximum absolute atomic E-state index is 12.1. The molecule has 1 aliphatic carbocycles. The molecule has 0 aliphatic heterocycles. The first-order valence-electron chi connectivity index (χ1n) is 6.78. The van der Waals surface area contributed by atoms with Gasteiger partial charge in [-0.2, -0.15) is 0 Å². The number of para-hydroxylation sites is 1. The Bertz CT molecular complexity index is 689. The first-order valence-corrected chi connectivity index (χ1v) is 8.00. The van der Waals surface area contributed by atoms with Gasteiger partial charge in [0, 0.05) is 36.5 Å². The molecule has 0 saturated heterocycles. The molecular formula is C16H17NO2S. The fourth-order valence-electron chi connectivity index (χ4n) is 3.27. The van der Waals surface area contributed by atoms with Crippen molar-refractivity contribution in [2.24, 2.45) is 13.0 Å². The highest BCUT2D eigenvalue weighted by Gasteiger charge is 2.41. The van der Waals surface area contributed by atoms with E-state index in [1.165, 1.54) is 11.8 Å². The van der Waals surface area contributed by atoms with Crippen molar-refractivity contribution in [2.75, 3.05) is 6.26 Å². The van der Waals surface area contributed by atoms with Crippen LogP contribution in [0.2, 0.25) is 0 Å². The molecule has 0 amide bonds. The number of aryl methyl sites for hydroxylation is 1. The van der Waals surface area contributed by atoms with Gasteiger partial charge < -0.3 is 4.57 Å². The zero-order valence-corrected chi connectivity index (χ0v) is 12.4. The number of carbonyl (C=O) groups excluding carboxylic acids is 2. The van der Waals surface area contributed by atoms with Crippen molar-refractivity contribution in [3.8, 4) is 0 Å². The van der Waals surface area contributed by atoms with Crippen LogP contribution in [0.4, 0.5) is 0 Å². The summed E-state index contributed by atoms with van der Waals surface area (Å²) in [5, 5.41) is 1.17. The van der Waals surface area contributed by atoms with Crippen molar-refractivity contribution in [1.82, 2.24) is 4.57 Å². The van der Waals surface area contributed by atoms with Crippen LogP contribution in [0.25, 0.3) is 10.9 Å². The summed E-state index contributed by atoms with van der Waals surface area (Å²) >= 11 is 1.17. The molecule has 0 spiro atoms. The van der Waals surface area contributed by atoms with E-state index in [2.05, 4.69) is 22.9 Å². The molecule has 0 unspecified atom stereocenters. The van der Waals surface area contributed by atoms with Crippen molar-refractivity contribution >= 4 is 33.6 Å². The van der Waals surface area contributed by atoms with E-state index >= 15 is 0 Å². The number of thioether (sulfide) groups is 1. The highest BCUT2D eigenvalue weighted by molar-refractivity contribution is 8.13. The number of hydrogen-bond acceptors (Lipinski definition) is 3. The van der Waals surface area contributed by atoms with E-state index in [1.807, 2.05) is 19.2 Å². The van der Waals surface area contributed by atoms with Gasteiger partial charge in [0.2, 0.25) is 0 Å². The molecule has 2 aromatic rings. The fraction of sp³-hybridized carbons (Fsp3) is 0.375. The van der Waals surface area contributed by atoms with Crippen LogP contribution in [0.1, 0.15) is 24.3 Å². The lowest BCUT2D eigenvalue weighted by molar-refractivity contribution is -0.126. The Kier molecular flexibility index (Phi) is 3.42. The molecule has 3 rings (SSSR count). The lowest BCUT2D eigenvalue weighted by atomic mass is 9.89. The molecule has 104 valence electrons. The summed E-state index contributed by atoms with van der Waals surface area (Å²) in [6, 6.07) is 8.17. The minimum absolute atomic E-state index is 0.00503. The lowest BCUT2D eigenvalue weighted by Crippen LogP contribution is -2.21. The SMILES string of the molecule is CSC(=O)[C@@H]1C(=O)CC[C@H]1c1cn(C)c2ccccc12. The van der Waals surface area contributed by atoms with Crippen LogP contribution in [0.5, 0.6) is 0 Å². The Morgan fingerprint density at radius 3 is 2.85 bits per heavy atom. The zero-order valence-electron chi connectivity index (χ0n) is 11.6. The van der Waals surface area contributed by atoms with Crippen molar-refractivity contribution in [1.29, 1.82) is 0 Å². The smallest absolute Gasteiger partial charge is 0.199 e. The van der Waals surface area contributed by atoms with Gasteiger partial charge in [-0.1, -0.05) is 30.0 Å². The second kappa shape index (κ2) is 5.09. The number of benzene rings is 1. The Balaban J connectivity index is 2.10. The van der Waals surface area contributed by atoms with Gasteiger partial charge in [-0.25, -0.2) is 0 Å². The van der Waals surface area contributed by atoms with Crippen molar-refractivity contribution in [3.63, 3.8) is 0 Å². The zero-order chi connectivity index (χ0) is 14.3. The Morgan fingerprint density at radius 2 is 2.10 bits per heavy atom. The first-order chi connectivity index (χ1) is 9.63. The summed E-state index contributed by atoms with van der Waals surface area (Å²) in [6.45, 7) is 0. The highest BCUT2D eigenvalue weighted by atomic mass is 32.2. The fourth-order valence-corrected chi connectivity index (χ4v) is 3.82. The van der Waals surface area contributed by atoms with Crippen molar-refractivity contribution < 1.29 is 9.59 Å². The molecule has 1 aromatic heterocycles. The summed E-state index contributed by atoms with van der Waals surface area (Å²) in [7, 11) is 2.01. The Hall–Kier alpha value is -1.55. The number of rotatable bonds is 2. The van der Waals surface area contributed by atoms with Gasteiger partial charge in [-0.05, 0) is 24.3 Å². The first kappa shape index (κ1) is 13.4. The summed E-state index contributed by atoms with van der Waals surface area (Å²) in [5.74, 6) is -0.327. The van der Waals surface area contributed by atoms with Gasteiger partial charge in [-0.3, -0.25) is 9.59 Å². The van der Waals surface area contributed by atoms with E-state index in [0.29, 0.717) is 6.42 Å². The normalized spacial score (nSPS) is 22.6. The van der Waals surface area contributed by atoms with Crippen LogP contribution >= 0.6 is 11.8 Å². The summed E-state index contributed by atoms with van der Waals surface area (Å²) in [6.07, 6.45) is 5.14. The third kappa shape index (κ3) is 1.99. The number of carbonyl (C=O) groups is 2. The second-order valence-corrected chi connectivity index (χ2v) is 6.14. The number of Topliss-reactive ketones (excluding diaryl/α,β-unsaturated/α-hetero) is 1. The number of aromatic nitrogens is 1. The van der Waals surface area contributed by atoms with Crippen molar-refractivity contribution in [3.05, 3.63) is 36.0 Å². The standard InChI is InChI=1S/C16H17NO2S/c1-17-9-12(10-5-3-4-6-13(10)17)11-7-8-14(18)15(11)16(19)20-2/h3-6,9,11,15H,7-8H2,1-2H3/t11-,15-/m0/s1. The van der Waals surface area contributed by atoms with Gasteiger partial charge in [0.25, 0.3) is 0 Å². The Morgan fingerprint density at radius 1 is 1.35 bits per heavy atom. The molecule has 1 aliphatic rings. The van der Waals surface area contributed by atoms with Crippen LogP contribution in [0.15, 0.2) is 30.5 Å². The summed E-state index contributed by atoms with van der Waals surface area (Å²) in [4.78, 5) is 24.1. The van der Waals surface area contributed by atoms with Crippen LogP contribution in [0.3, 0.4) is 0 Å². The molecule has 3 nitrogen and oxygen atoms in total. The van der Waals surface area contributed by atoms with Gasteiger partial charge in [-0.15, -0.1) is 0 Å². The molecule has 1 heterocycles. The van der Waals surface area contributed by atoms with Crippen LogP contribution < -0.4 is 0 Å². The van der Waals surface area contributed by atoms with E-state index < -0.39 is 5.92 Å². The second-order valence-electron chi connectivity index (χ2n) is 5.32. The number of hydrogen-bond donors (Lipinski definition) is 0. The van der Waals surface area contributed by atoms with Crippen molar-refractivity contribution in [2.45, 2.75) is 18.8 Å². The predicted molar refractivity (Wildman–Crippen MR) is 81.9 cm³/mol. The molecule has 1 saturated carbocycles. The molecule has 0 N–H and O–H groups in total. The molecule has 2 atom stereocenters. The van der Waals surface area contributed by atoms with E-state index in [1.54, 1.807) is 6.26 Å². The Labute approximate surface area is 122 Å². The van der Waals surface area contributed by atoms with Gasteiger partial charge >= 0.3 is 0 Å². The summed E-state index contributed by atoms with van der Waals surface area (Å²) in [5.41, 5.74) is 2.29. The number of nitrogens with zero attached hydrogens (tertiary/aromatic N) is 1. The number of ketones is 1. The van der Waals surface area contributed by atoms with Crippen LogP contribution in [0, 0.1) is 5.92 Å². The van der Waals surface area contributed by atoms with Crippen LogP contribution in [-0.2, 0) is 16.6 Å². The van der Waals surface area contributed by atoms with Gasteiger partial charge in [0.15, 0.2) is 5.12 Å². The quantitative estimate of drug-likeness (QED) is 0.797. The maximum atomic E-state index is 12.1. The third-order valence-corrected chi connectivity index (χ3v) is 4.89. The molecular weight excluding hydrogens is 270 g/mol. The topological polar surface area (TPSA) is 39.1 Å². The van der Waals surface area contributed by atoms with E-state index in [-0.39, 0.29) is 16.8 Å². The molecule has 4 heteroatoms. The monoisotopic (exact) mass is 287 g/mol. The largest absolute Gasteiger partial charge is 0.350 e. The van der Waals surface area contributed by atoms with E-state index in [9.17, 15) is 9.59 Å². The van der Waals surface area contributed by atoms with Gasteiger partial charge in [0.1, 0.15) is 5.78 Å². The molecule has 0 radical (unpaired) electrons. The minimum Gasteiger partial charge on any atom is -0.350 e. The summed E-state index contributed by atoms with van der Waals surface area (Å²) < 4.78 is 2.08. The van der Waals surface area contributed by atoms with Gasteiger partial charge in [0.05, 0.1) is 5.92 Å². The minimum atomic E-state index is -0.462. The molecule has 20 heavy (non-hydrogen) atoms. The molecule has 1 fully saturated rings. The lowest BCUT2D eigenvalue weighted by Gasteiger charge is -2.15. The predicted octanol–water partition coefficient (Wildman–Crippen LogP) is 3.13. The van der Waals surface area contributed by atoms with Crippen LogP contribution in [-0.4, -0.2) is 21.7 Å². The van der Waals surface area contributed by atoms with E-state index in [0.717, 1.165) is 22.9 Å².